The molecular formula is C31H38N6O5S2. The fraction of sp³-hybridized carbons (Fsp3) is 0.419. The summed E-state index contributed by atoms with van der Waals surface area (Å²) >= 11 is 2.84. The minimum atomic E-state index is -0.928. The Morgan fingerprint density at radius 1 is 1.00 bits per heavy atom. The molecule has 3 atom stereocenters. The summed E-state index contributed by atoms with van der Waals surface area (Å²) in [5, 5.41) is 12.7. The molecular weight excluding hydrogens is 601 g/mol. The quantitative estimate of drug-likeness (QED) is 0.379. The van der Waals surface area contributed by atoms with Crippen LogP contribution >= 0.6 is 22.7 Å². The normalized spacial score (nSPS) is 20.9. The molecule has 0 spiro atoms. The maximum absolute atomic E-state index is 13.6. The Morgan fingerprint density at radius 2 is 1.75 bits per heavy atom. The third-order valence-corrected chi connectivity index (χ3v) is 9.20. The number of thiophene rings is 1. The molecule has 0 bridgehead atoms. The van der Waals surface area contributed by atoms with Crippen LogP contribution in [0.1, 0.15) is 43.2 Å². The first-order chi connectivity index (χ1) is 21.0. The second-order valence-corrected chi connectivity index (χ2v) is 13.0. The number of hydrogen-bond acceptors (Lipinski definition) is 8. The largest absolute Gasteiger partial charge is 0.353 e. The molecule has 1 aliphatic heterocycles. The molecule has 0 radical (unpaired) electrons. The van der Waals surface area contributed by atoms with Crippen LogP contribution in [-0.4, -0.2) is 89.1 Å². The summed E-state index contributed by atoms with van der Waals surface area (Å²) in [7, 11) is 1.50. The van der Waals surface area contributed by atoms with Crippen molar-refractivity contribution < 1.29 is 24.0 Å². The van der Waals surface area contributed by atoms with Crippen molar-refractivity contribution in [1.82, 2.24) is 30.7 Å². The van der Waals surface area contributed by atoms with Crippen LogP contribution in [0.25, 0.3) is 9.88 Å². The Labute approximate surface area is 265 Å². The number of nitrogens with zero attached hydrogens (tertiary/aromatic N) is 3. The van der Waals surface area contributed by atoms with Crippen LogP contribution in [-0.2, 0) is 25.6 Å². The molecule has 234 valence electrons. The van der Waals surface area contributed by atoms with E-state index in [1.807, 2.05) is 61.7 Å². The lowest BCUT2D eigenvalue weighted by molar-refractivity contribution is -0.142. The van der Waals surface area contributed by atoms with Crippen molar-refractivity contribution in [3.05, 3.63) is 64.5 Å². The van der Waals surface area contributed by atoms with Crippen LogP contribution in [0.4, 0.5) is 0 Å². The van der Waals surface area contributed by atoms with Crippen LogP contribution in [0.3, 0.4) is 0 Å². The molecule has 4 rings (SSSR count). The number of benzene rings is 1. The van der Waals surface area contributed by atoms with Gasteiger partial charge < -0.3 is 25.8 Å². The molecule has 0 saturated carbocycles. The minimum Gasteiger partial charge on any atom is -0.353 e. The van der Waals surface area contributed by atoms with Crippen molar-refractivity contribution >= 4 is 52.2 Å². The first-order valence-corrected chi connectivity index (χ1v) is 16.3. The molecule has 3 N–H and O–H groups in total. The van der Waals surface area contributed by atoms with Gasteiger partial charge in [0.25, 0.3) is 5.91 Å². The van der Waals surface area contributed by atoms with Crippen molar-refractivity contribution in [2.45, 2.75) is 51.7 Å². The zero-order chi connectivity index (χ0) is 31.8. The van der Waals surface area contributed by atoms with Gasteiger partial charge in [-0.1, -0.05) is 50.2 Å². The molecule has 13 heteroatoms. The molecule has 0 unspecified atom stereocenters. The van der Waals surface area contributed by atoms with Gasteiger partial charge in [0.1, 0.15) is 28.8 Å². The maximum atomic E-state index is 13.6. The highest BCUT2D eigenvalue weighted by Crippen LogP contribution is 2.28. The first-order valence-electron chi connectivity index (χ1n) is 14.5. The topological polar surface area (TPSA) is 141 Å². The van der Waals surface area contributed by atoms with E-state index in [9.17, 15) is 24.0 Å². The van der Waals surface area contributed by atoms with Crippen molar-refractivity contribution in [1.29, 1.82) is 0 Å². The number of aromatic nitrogens is 1. The van der Waals surface area contributed by atoms with Crippen molar-refractivity contribution in [3.63, 3.8) is 0 Å². The minimum absolute atomic E-state index is 0.00889. The highest BCUT2D eigenvalue weighted by atomic mass is 32.1. The summed E-state index contributed by atoms with van der Waals surface area (Å²) in [6, 6.07) is 10.4. The van der Waals surface area contributed by atoms with Crippen molar-refractivity contribution in [2.75, 3.05) is 26.7 Å². The Bertz CT molecular complexity index is 1460. The third-order valence-electron chi connectivity index (χ3n) is 7.32. The van der Waals surface area contributed by atoms with Gasteiger partial charge in [0, 0.05) is 31.9 Å². The highest BCUT2D eigenvalue weighted by Gasteiger charge is 2.33. The zero-order valence-electron chi connectivity index (χ0n) is 25.2. The Hall–Kier alpha value is -4.10. The number of thiazole rings is 1. The number of amides is 5. The van der Waals surface area contributed by atoms with Gasteiger partial charge in [-0.2, -0.15) is 0 Å². The van der Waals surface area contributed by atoms with Gasteiger partial charge in [0.2, 0.25) is 23.6 Å². The molecule has 0 aliphatic carbocycles. The van der Waals surface area contributed by atoms with Crippen molar-refractivity contribution in [3.8, 4) is 9.88 Å². The van der Waals surface area contributed by atoms with E-state index >= 15 is 0 Å². The average molecular weight is 639 g/mol. The lowest BCUT2D eigenvalue weighted by Crippen LogP contribution is -2.57. The van der Waals surface area contributed by atoms with Gasteiger partial charge in [0.15, 0.2) is 0 Å². The average Bonchev–Trinajstić information content (AvgIpc) is 3.71. The lowest BCUT2D eigenvalue weighted by atomic mass is 10.0. The number of nitrogens with one attached hydrogen (secondary N) is 3. The second kappa shape index (κ2) is 15.1. The van der Waals surface area contributed by atoms with Crippen LogP contribution < -0.4 is 16.0 Å². The van der Waals surface area contributed by atoms with Gasteiger partial charge >= 0.3 is 0 Å². The lowest BCUT2D eigenvalue weighted by Gasteiger charge is -2.30. The zero-order valence-corrected chi connectivity index (χ0v) is 26.9. The van der Waals surface area contributed by atoms with E-state index in [1.54, 1.807) is 12.3 Å². The Kier molecular flexibility index (Phi) is 11.2. The number of carbonyl (C=O) groups excluding carboxylic acids is 5. The van der Waals surface area contributed by atoms with E-state index in [4.69, 9.17) is 0 Å². The van der Waals surface area contributed by atoms with E-state index in [2.05, 4.69) is 20.9 Å². The van der Waals surface area contributed by atoms with E-state index in [-0.39, 0.29) is 37.7 Å². The highest BCUT2D eigenvalue weighted by molar-refractivity contribution is 7.20. The van der Waals surface area contributed by atoms with Gasteiger partial charge in [-0.15, -0.1) is 22.7 Å². The van der Waals surface area contributed by atoms with E-state index in [0.29, 0.717) is 11.4 Å². The summed E-state index contributed by atoms with van der Waals surface area (Å²) in [6.07, 6.45) is 0.565. The molecule has 1 fully saturated rings. The third kappa shape index (κ3) is 8.50. The predicted molar refractivity (Wildman–Crippen MR) is 170 cm³/mol. The Morgan fingerprint density at radius 3 is 2.43 bits per heavy atom. The van der Waals surface area contributed by atoms with Gasteiger partial charge in [-0.25, -0.2) is 4.98 Å². The molecule has 5 amide bonds. The molecule has 44 heavy (non-hydrogen) atoms. The summed E-state index contributed by atoms with van der Waals surface area (Å²) in [6.45, 7) is 5.14. The fourth-order valence-corrected chi connectivity index (χ4v) is 6.42. The SMILES string of the molecule is CC(C)C[C@@H]1NC(=O)CN(C(=O)c2csc(-c3cccs3)n2)CCNC(=O)[C@H](Cc2ccccc2)NC(=O)[C@H](C)N(C)C1=O. The molecule has 3 aromatic rings. The van der Waals surface area contributed by atoms with Crippen LogP contribution in [0.2, 0.25) is 0 Å². The first kappa shape index (κ1) is 32.8. The predicted octanol–water partition coefficient (Wildman–Crippen LogP) is 2.55. The van der Waals surface area contributed by atoms with E-state index < -0.39 is 47.7 Å². The van der Waals surface area contributed by atoms with Crippen LogP contribution in [0, 0.1) is 5.92 Å². The van der Waals surface area contributed by atoms with Crippen molar-refractivity contribution in [2.24, 2.45) is 5.92 Å². The molecule has 1 aliphatic rings. The number of carbonyl (C=O) groups is 5. The summed E-state index contributed by atoms with van der Waals surface area (Å²) in [4.78, 5) is 75.2. The molecule has 2 aromatic heterocycles. The molecule has 1 aromatic carbocycles. The monoisotopic (exact) mass is 638 g/mol. The number of hydrogen-bond donors (Lipinski definition) is 3. The van der Waals surface area contributed by atoms with Gasteiger partial charge in [-0.05, 0) is 36.3 Å². The number of rotatable bonds is 6. The smallest absolute Gasteiger partial charge is 0.273 e. The van der Waals surface area contributed by atoms with E-state index in [0.717, 1.165) is 10.4 Å². The number of likely N-dealkylation sites (N-methyl/N-ethyl adjacent to an activating group) is 1. The maximum Gasteiger partial charge on any atom is 0.273 e. The summed E-state index contributed by atoms with van der Waals surface area (Å²) < 4.78 is 0. The standard InChI is InChI=1S/C31H38N6O5S2/c1-19(2)15-23-30(41)36(4)20(3)27(39)34-22(16-21-9-6-5-7-10-21)28(40)32-12-13-37(17-26(38)33-23)31(42)24-18-44-29(35-24)25-11-8-14-43-25/h5-11,14,18-20,22-23H,12-13,15-17H2,1-4H3,(H,32,40)(H,33,38)(H,34,39)/t20-,22-,23-/m0/s1. The molecule has 1 saturated heterocycles. The van der Waals surface area contributed by atoms with Crippen LogP contribution in [0.15, 0.2) is 53.2 Å². The fourth-order valence-electron chi connectivity index (χ4n) is 4.81. The molecule has 3 heterocycles. The summed E-state index contributed by atoms with van der Waals surface area (Å²) in [5.41, 5.74) is 1.03. The molecule has 11 nitrogen and oxygen atoms in total. The summed E-state index contributed by atoms with van der Waals surface area (Å²) in [5.74, 6) is -2.32. The van der Waals surface area contributed by atoms with Crippen LogP contribution in [0.5, 0.6) is 0 Å². The van der Waals surface area contributed by atoms with E-state index in [1.165, 1.54) is 39.5 Å². The van der Waals surface area contributed by atoms with Gasteiger partial charge in [-0.3, -0.25) is 24.0 Å². The second-order valence-electron chi connectivity index (χ2n) is 11.2. The Balaban J connectivity index is 1.62. The van der Waals surface area contributed by atoms with Gasteiger partial charge in [0.05, 0.1) is 11.4 Å².